The highest BCUT2D eigenvalue weighted by atomic mass is 35.5. The number of thioether (sulfide) groups is 1. The molecule has 0 saturated carbocycles. The second-order valence-electron chi connectivity index (χ2n) is 3.48. The van der Waals surface area contributed by atoms with Gasteiger partial charge in [0.1, 0.15) is 0 Å². The molecule has 1 N–H and O–H groups in total. The smallest absolute Gasteiger partial charge is 0.351 e. The fourth-order valence-corrected chi connectivity index (χ4v) is 2.90. The summed E-state index contributed by atoms with van der Waals surface area (Å²) in [4.78, 5) is 17.0. The molecule has 0 atom stereocenters. The average Bonchev–Trinajstić information content (AvgIpc) is 2.79. The van der Waals surface area contributed by atoms with Crippen molar-refractivity contribution >= 4 is 51.5 Å². The number of methoxy groups -OCH3 is 1. The van der Waals surface area contributed by atoms with Gasteiger partial charge in [0.25, 0.3) is 0 Å². The molecule has 0 aliphatic carbocycles. The van der Waals surface area contributed by atoms with E-state index in [1.165, 1.54) is 12.0 Å². The fourth-order valence-electron chi connectivity index (χ4n) is 1.37. The quantitative estimate of drug-likeness (QED) is 0.681. The fraction of sp³-hybridized carbons (Fsp3) is 0.167. The van der Waals surface area contributed by atoms with Crippen LogP contribution in [0.15, 0.2) is 29.2 Å². The third-order valence-electron chi connectivity index (χ3n) is 2.30. The van der Waals surface area contributed by atoms with E-state index >= 15 is 0 Å². The van der Waals surface area contributed by atoms with Crippen LogP contribution in [0.3, 0.4) is 0 Å². The molecule has 0 fully saturated rings. The lowest BCUT2D eigenvalue weighted by molar-refractivity contribution is 0.0606. The van der Waals surface area contributed by atoms with Crippen LogP contribution < -0.4 is 5.32 Å². The van der Waals surface area contributed by atoms with Crippen LogP contribution in [-0.4, -0.2) is 24.3 Å². The van der Waals surface area contributed by atoms with E-state index in [4.69, 9.17) is 11.6 Å². The Labute approximate surface area is 124 Å². The van der Waals surface area contributed by atoms with Gasteiger partial charge in [0.2, 0.25) is 0 Å². The number of hydrogen-bond donors (Lipinski definition) is 1. The number of benzene rings is 1. The second-order valence-corrected chi connectivity index (χ2v) is 5.72. The first-order valence-electron chi connectivity index (χ1n) is 5.29. The highest BCUT2D eigenvalue weighted by molar-refractivity contribution is 7.98. The Balaban J connectivity index is 2.16. The Bertz CT molecular complexity index is 584. The van der Waals surface area contributed by atoms with Crippen molar-refractivity contribution in [2.75, 3.05) is 18.7 Å². The predicted octanol–water partition coefficient (Wildman–Crippen LogP) is 4.05. The number of carbonyl (C=O) groups excluding carboxylic acids is 1. The van der Waals surface area contributed by atoms with Crippen LogP contribution in [-0.2, 0) is 4.74 Å². The van der Waals surface area contributed by atoms with Crippen molar-refractivity contribution in [1.29, 1.82) is 0 Å². The van der Waals surface area contributed by atoms with Crippen molar-refractivity contribution in [1.82, 2.24) is 4.98 Å². The molecule has 7 heteroatoms. The molecule has 0 aliphatic heterocycles. The Morgan fingerprint density at radius 1 is 1.42 bits per heavy atom. The van der Waals surface area contributed by atoms with Gasteiger partial charge in [-0.1, -0.05) is 22.9 Å². The van der Waals surface area contributed by atoms with Crippen molar-refractivity contribution < 1.29 is 9.53 Å². The zero-order chi connectivity index (χ0) is 13.8. The number of nitrogens with zero attached hydrogens (tertiary/aromatic N) is 1. The SMILES string of the molecule is COC(=O)c1sc(Nc2ccc(SC)cc2)nc1Cl. The Kier molecular flexibility index (Phi) is 4.68. The van der Waals surface area contributed by atoms with Gasteiger partial charge in [-0.2, -0.15) is 0 Å². The van der Waals surface area contributed by atoms with Gasteiger partial charge in [-0.05, 0) is 30.5 Å². The van der Waals surface area contributed by atoms with Crippen molar-refractivity contribution in [3.05, 3.63) is 34.3 Å². The first kappa shape index (κ1) is 14.2. The van der Waals surface area contributed by atoms with E-state index in [2.05, 4.69) is 15.0 Å². The van der Waals surface area contributed by atoms with Crippen LogP contribution in [0.2, 0.25) is 5.15 Å². The molecule has 0 spiro atoms. The van der Waals surface area contributed by atoms with E-state index in [0.717, 1.165) is 17.0 Å². The number of ether oxygens (including phenoxy) is 1. The number of halogens is 1. The van der Waals surface area contributed by atoms with E-state index in [-0.39, 0.29) is 5.15 Å². The second kappa shape index (κ2) is 6.27. The molecule has 0 amide bonds. The third-order valence-corrected chi connectivity index (χ3v) is 4.38. The Hall–Kier alpha value is -1.24. The van der Waals surface area contributed by atoms with Crippen LogP contribution in [0, 0.1) is 0 Å². The number of rotatable bonds is 4. The van der Waals surface area contributed by atoms with Crippen LogP contribution in [0.1, 0.15) is 9.67 Å². The molecule has 2 rings (SSSR count). The van der Waals surface area contributed by atoms with Crippen molar-refractivity contribution in [3.63, 3.8) is 0 Å². The molecule has 2 aromatic rings. The molecular formula is C12H11ClN2O2S2. The number of aromatic nitrogens is 1. The maximum atomic E-state index is 11.4. The average molecular weight is 315 g/mol. The summed E-state index contributed by atoms with van der Waals surface area (Å²) in [6, 6.07) is 7.89. The van der Waals surface area contributed by atoms with Gasteiger partial charge in [0.05, 0.1) is 7.11 Å². The molecule has 0 radical (unpaired) electrons. The maximum absolute atomic E-state index is 11.4. The van der Waals surface area contributed by atoms with Gasteiger partial charge in [-0.25, -0.2) is 9.78 Å². The zero-order valence-electron chi connectivity index (χ0n) is 10.3. The van der Waals surface area contributed by atoms with Gasteiger partial charge in [0.15, 0.2) is 15.2 Å². The van der Waals surface area contributed by atoms with Crippen LogP contribution in [0.25, 0.3) is 0 Å². The Morgan fingerprint density at radius 2 is 2.11 bits per heavy atom. The molecule has 1 aromatic heterocycles. The van der Waals surface area contributed by atoms with Crippen molar-refractivity contribution in [3.8, 4) is 0 Å². The van der Waals surface area contributed by atoms with E-state index in [1.807, 2.05) is 30.5 Å². The van der Waals surface area contributed by atoms with E-state index < -0.39 is 5.97 Å². The van der Waals surface area contributed by atoms with Crippen molar-refractivity contribution in [2.24, 2.45) is 0 Å². The number of carbonyl (C=O) groups is 1. The van der Waals surface area contributed by atoms with Gasteiger partial charge < -0.3 is 10.1 Å². The summed E-state index contributed by atoms with van der Waals surface area (Å²) in [5, 5.41) is 3.81. The number of thiazole rings is 1. The molecular weight excluding hydrogens is 304 g/mol. The van der Waals surface area contributed by atoms with Crippen LogP contribution in [0.4, 0.5) is 10.8 Å². The maximum Gasteiger partial charge on any atom is 0.351 e. The summed E-state index contributed by atoms with van der Waals surface area (Å²) in [6.07, 6.45) is 2.02. The molecule has 0 bridgehead atoms. The molecule has 0 unspecified atom stereocenters. The summed E-state index contributed by atoms with van der Waals surface area (Å²) in [7, 11) is 1.31. The molecule has 100 valence electrons. The first-order valence-corrected chi connectivity index (χ1v) is 7.71. The zero-order valence-corrected chi connectivity index (χ0v) is 12.7. The highest BCUT2D eigenvalue weighted by Crippen LogP contribution is 2.30. The van der Waals surface area contributed by atoms with Gasteiger partial charge in [0, 0.05) is 10.6 Å². The lowest BCUT2D eigenvalue weighted by Crippen LogP contribution is -1.98. The lowest BCUT2D eigenvalue weighted by Gasteiger charge is -2.02. The number of nitrogens with one attached hydrogen (secondary N) is 1. The summed E-state index contributed by atoms with van der Waals surface area (Å²) in [6.45, 7) is 0. The highest BCUT2D eigenvalue weighted by Gasteiger charge is 2.17. The minimum atomic E-state index is -0.478. The van der Waals surface area contributed by atoms with Gasteiger partial charge in [-0.15, -0.1) is 11.8 Å². The monoisotopic (exact) mass is 314 g/mol. The van der Waals surface area contributed by atoms with Crippen molar-refractivity contribution in [2.45, 2.75) is 4.90 Å². The minimum absolute atomic E-state index is 0.153. The van der Waals surface area contributed by atoms with Gasteiger partial charge in [-0.3, -0.25) is 0 Å². The number of esters is 1. The number of hydrogen-bond acceptors (Lipinski definition) is 6. The molecule has 0 aliphatic rings. The third kappa shape index (κ3) is 3.40. The summed E-state index contributed by atoms with van der Waals surface area (Å²) >= 11 is 8.72. The largest absolute Gasteiger partial charge is 0.465 e. The normalized spacial score (nSPS) is 10.3. The molecule has 1 aromatic carbocycles. The topological polar surface area (TPSA) is 51.2 Å². The lowest BCUT2D eigenvalue weighted by atomic mass is 10.3. The predicted molar refractivity (Wildman–Crippen MR) is 80.0 cm³/mol. The van der Waals surface area contributed by atoms with E-state index in [0.29, 0.717) is 10.0 Å². The van der Waals surface area contributed by atoms with Gasteiger partial charge >= 0.3 is 5.97 Å². The molecule has 4 nitrogen and oxygen atoms in total. The molecule has 0 saturated heterocycles. The van der Waals surface area contributed by atoms with E-state index in [1.54, 1.807) is 11.8 Å². The Morgan fingerprint density at radius 3 is 2.68 bits per heavy atom. The summed E-state index contributed by atoms with van der Waals surface area (Å²) < 4.78 is 4.63. The van der Waals surface area contributed by atoms with E-state index in [9.17, 15) is 4.79 Å². The minimum Gasteiger partial charge on any atom is -0.465 e. The summed E-state index contributed by atoms with van der Waals surface area (Å²) in [5.74, 6) is -0.478. The summed E-state index contributed by atoms with van der Waals surface area (Å²) in [5.41, 5.74) is 0.889. The first-order chi connectivity index (χ1) is 9.13. The standard InChI is InChI=1S/C12H11ClN2O2S2/c1-17-11(16)9-10(13)15-12(19-9)14-7-3-5-8(18-2)6-4-7/h3-6H,1-2H3,(H,14,15). The molecule has 1 heterocycles. The molecule has 19 heavy (non-hydrogen) atoms. The number of anilines is 2. The van der Waals surface area contributed by atoms with Crippen LogP contribution >= 0.6 is 34.7 Å². The van der Waals surface area contributed by atoms with Crippen LogP contribution in [0.5, 0.6) is 0 Å².